The highest BCUT2D eigenvalue weighted by molar-refractivity contribution is 7.80. The number of aryl methyl sites for hydroxylation is 2. The second-order valence-corrected chi connectivity index (χ2v) is 14.4. The Labute approximate surface area is 289 Å². The third-order valence-electron chi connectivity index (χ3n) is 8.49. The first-order valence-corrected chi connectivity index (χ1v) is 17.4. The summed E-state index contributed by atoms with van der Waals surface area (Å²) in [5.74, 6) is -3.03. The Morgan fingerprint density at radius 2 is 2.06 bits per heavy atom. The quantitative estimate of drug-likeness (QED) is 0.0410. The third kappa shape index (κ3) is 7.27. The maximum atomic E-state index is 13.5. The summed E-state index contributed by atoms with van der Waals surface area (Å²) in [6.45, 7) is 4.42. The number of β-lactam (4-membered cyclic amide) rings is 1. The van der Waals surface area contributed by atoms with Gasteiger partial charge in [0, 0.05) is 11.9 Å². The molecule has 21 heteroatoms. The lowest BCUT2D eigenvalue weighted by atomic mass is 9.84. The summed E-state index contributed by atoms with van der Waals surface area (Å²) in [6.07, 6.45) is 2.64. The fourth-order valence-electron chi connectivity index (χ4n) is 5.53. The maximum absolute atomic E-state index is 13.5. The molecule has 4 atom stereocenters. The van der Waals surface area contributed by atoms with Crippen molar-refractivity contribution in [3.8, 4) is 16.9 Å². The van der Waals surface area contributed by atoms with Gasteiger partial charge in [-0.15, -0.1) is 20.3 Å². The predicted molar refractivity (Wildman–Crippen MR) is 175 cm³/mol. The van der Waals surface area contributed by atoms with E-state index in [1.807, 2.05) is 40.9 Å². The standard InChI is InChI=1S/C29H36N8O11S2/c1-28(2)23(25(40)37(28)48-50(43,44)45)33-24(39)22(19-14-49-27(31)32-19)34-47-29(3,26(41)42)21-8-6-16-9-15(5-7-20(16)46-21)17-11-35(4)36(12-17)13-18(38)10-30/h5,7,9,11-12,14,18,21,23,38H,6,8,10,13,30H2,1-4H3,(H4-,31,32,33,39,41,42,43,44,45)/p+1/b34-22-/t18-,21?,23?,29?/m0/s1. The van der Waals surface area contributed by atoms with E-state index in [1.54, 1.807) is 6.07 Å². The molecule has 0 radical (unpaired) electrons. The van der Waals surface area contributed by atoms with Crippen LogP contribution in [0.15, 0.2) is 41.1 Å². The van der Waals surface area contributed by atoms with Gasteiger partial charge in [-0.1, -0.05) is 11.2 Å². The summed E-state index contributed by atoms with van der Waals surface area (Å²) in [7, 11) is -3.19. The normalized spacial score (nSPS) is 20.6. The van der Waals surface area contributed by atoms with Gasteiger partial charge in [0.05, 0.1) is 23.4 Å². The number of aliphatic carboxylic acids is 1. The number of aromatic nitrogens is 3. The van der Waals surface area contributed by atoms with E-state index in [4.69, 9.17) is 25.6 Å². The molecule has 270 valence electrons. The van der Waals surface area contributed by atoms with Crippen LogP contribution in [0.4, 0.5) is 5.13 Å². The highest BCUT2D eigenvalue weighted by Gasteiger charge is 2.58. The van der Waals surface area contributed by atoms with Crippen molar-refractivity contribution >= 4 is 50.4 Å². The molecule has 2 aliphatic rings. The Balaban J connectivity index is 1.36. The lowest BCUT2D eigenvalue weighted by Crippen LogP contribution is -2.76. The molecule has 0 bridgehead atoms. The lowest BCUT2D eigenvalue weighted by molar-refractivity contribution is -0.754. The van der Waals surface area contributed by atoms with Crippen molar-refractivity contribution in [1.82, 2.24) is 20.0 Å². The molecule has 4 heterocycles. The number of nitrogens with one attached hydrogen (secondary N) is 1. The first-order chi connectivity index (χ1) is 23.3. The summed E-state index contributed by atoms with van der Waals surface area (Å²) in [4.78, 5) is 48.4. The summed E-state index contributed by atoms with van der Waals surface area (Å²) in [6, 6.07) is 4.13. The average molecular weight is 738 g/mol. The number of aliphatic hydroxyl groups excluding tert-OH is 1. The molecule has 2 amide bonds. The number of nitrogens with zero attached hydrogens (tertiary/aromatic N) is 5. The average Bonchev–Trinajstić information content (AvgIpc) is 3.65. The number of nitrogens with two attached hydrogens (primary N) is 2. The van der Waals surface area contributed by atoms with E-state index in [1.165, 1.54) is 26.2 Å². The van der Waals surface area contributed by atoms with E-state index in [0.717, 1.165) is 28.0 Å². The molecule has 0 aliphatic carbocycles. The van der Waals surface area contributed by atoms with Crippen molar-refractivity contribution in [2.75, 3.05) is 12.3 Å². The largest absolute Gasteiger partial charge is 0.485 e. The van der Waals surface area contributed by atoms with E-state index >= 15 is 0 Å². The topological polar surface area (TPSA) is 275 Å². The number of hydroxylamine groups is 2. The van der Waals surface area contributed by atoms with Gasteiger partial charge < -0.3 is 36.6 Å². The van der Waals surface area contributed by atoms with Crippen molar-refractivity contribution in [3.63, 3.8) is 0 Å². The van der Waals surface area contributed by atoms with Crippen LogP contribution in [-0.4, -0.2) is 97.3 Å². The Kier molecular flexibility index (Phi) is 9.93. The highest BCUT2D eigenvalue weighted by atomic mass is 32.3. The number of nitrogen functional groups attached to an aromatic ring is 1. The molecule has 1 fully saturated rings. The summed E-state index contributed by atoms with van der Waals surface area (Å²) >= 11 is 0.962. The van der Waals surface area contributed by atoms with Crippen molar-refractivity contribution in [1.29, 1.82) is 0 Å². The number of fused-ring (bicyclic) bond motifs is 1. The number of benzene rings is 1. The van der Waals surface area contributed by atoms with Gasteiger partial charge in [-0.2, -0.15) is 18.2 Å². The zero-order chi connectivity index (χ0) is 36.8. The van der Waals surface area contributed by atoms with E-state index < -0.39 is 63.3 Å². The van der Waals surface area contributed by atoms with Crippen LogP contribution in [0.3, 0.4) is 0 Å². The van der Waals surface area contributed by atoms with Crippen LogP contribution in [0.1, 0.15) is 38.4 Å². The Morgan fingerprint density at radius 1 is 1.34 bits per heavy atom. The Morgan fingerprint density at radius 3 is 2.66 bits per heavy atom. The van der Waals surface area contributed by atoms with Gasteiger partial charge in [0.15, 0.2) is 24.0 Å². The molecule has 3 aromatic rings. The van der Waals surface area contributed by atoms with E-state index in [-0.39, 0.29) is 23.8 Å². The third-order valence-corrected chi connectivity index (χ3v) is 9.51. The van der Waals surface area contributed by atoms with Gasteiger partial charge in [-0.3, -0.25) is 14.1 Å². The van der Waals surface area contributed by atoms with Gasteiger partial charge in [-0.25, -0.2) is 9.78 Å². The van der Waals surface area contributed by atoms with Crippen molar-refractivity contribution in [2.24, 2.45) is 17.9 Å². The number of aliphatic hydroxyl groups is 1. The first kappa shape index (κ1) is 36.6. The molecular formula is C29H37N8O11S2+. The van der Waals surface area contributed by atoms with E-state index in [2.05, 4.69) is 19.7 Å². The van der Waals surface area contributed by atoms with Crippen LogP contribution in [0.5, 0.6) is 5.75 Å². The van der Waals surface area contributed by atoms with Crippen LogP contribution in [0.25, 0.3) is 11.1 Å². The number of carboxylic acids is 1. The van der Waals surface area contributed by atoms with E-state index in [9.17, 15) is 33.0 Å². The molecular weight excluding hydrogens is 700 g/mol. The molecule has 0 spiro atoms. The van der Waals surface area contributed by atoms with Crippen LogP contribution in [-0.2, 0) is 53.9 Å². The number of hydrogen-bond donors (Lipinski definition) is 6. The zero-order valence-corrected chi connectivity index (χ0v) is 29.0. The molecule has 1 saturated heterocycles. The molecule has 2 aliphatic heterocycles. The fourth-order valence-corrected chi connectivity index (χ4v) is 6.54. The molecule has 3 unspecified atom stereocenters. The van der Waals surface area contributed by atoms with Gasteiger partial charge in [-0.05, 0) is 56.9 Å². The number of oxime groups is 1. The highest BCUT2D eigenvalue weighted by Crippen LogP contribution is 2.37. The SMILES string of the molecule is C[n+]1cc(-c2ccc3c(c2)CCC(C(C)(O/N=C(\C(=O)NC2C(=O)N(OS(=O)(=O)O)C2(C)C)c2csc(N)n2)C(=O)O)O3)cn1C[C@@H](O)CN. The number of hydrogen-bond acceptors (Lipinski definition) is 14. The zero-order valence-electron chi connectivity index (χ0n) is 27.3. The van der Waals surface area contributed by atoms with Crippen LogP contribution < -0.4 is 26.2 Å². The number of anilines is 1. The maximum Gasteiger partial charge on any atom is 0.418 e. The second kappa shape index (κ2) is 13.6. The molecule has 1 aromatic carbocycles. The second-order valence-electron chi connectivity index (χ2n) is 12.5. The van der Waals surface area contributed by atoms with Crippen LogP contribution in [0.2, 0.25) is 0 Å². The number of rotatable bonds is 13. The van der Waals surface area contributed by atoms with Crippen LogP contribution >= 0.6 is 11.3 Å². The number of carboxylic acid groups (broad SMARTS) is 1. The minimum Gasteiger partial charge on any atom is -0.485 e. The Hall–Kier alpha value is -4.67. The summed E-state index contributed by atoms with van der Waals surface area (Å²) in [5.41, 5.74) is 9.73. The number of carbonyl (C=O) groups excluding carboxylic acids is 2. The van der Waals surface area contributed by atoms with Crippen molar-refractivity contribution < 1.29 is 56.1 Å². The van der Waals surface area contributed by atoms with Crippen molar-refractivity contribution in [2.45, 2.75) is 69.5 Å². The van der Waals surface area contributed by atoms with Gasteiger partial charge in [0.25, 0.3) is 17.4 Å². The van der Waals surface area contributed by atoms with Gasteiger partial charge >= 0.3 is 16.4 Å². The van der Waals surface area contributed by atoms with Crippen LogP contribution in [0, 0.1) is 0 Å². The summed E-state index contributed by atoms with van der Waals surface area (Å²) in [5, 5.41) is 28.4. The fraction of sp³-hybridized carbons (Fsp3) is 0.448. The van der Waals surface area contributed by atoms with E-state index in [0.29, 0.717) is 23.8 Å². The van der Waals surface area contributed by atoms with Crippen molar-refractivity contribution in [3.05, 3.63) is 47.2 Å². The number of carbonyl (C=O) groups is 3. The smallest absolute Gasteiger partial charge is 0.418 e. The minimum atomic E-state index is -5.03. The number of ether oxygens (including phenoxy) is 1. The number of amides is 2. The molecule has 2 aromatic heterocycles. The molecule has 0 saturated carbocycles. The summed E-state index contributed by atoms with van der Waals surface area (Å²) < 4.78 is 45.5. The van der Waals surface area contributed by atoms with Gasteiger partial charge in [0.2, 0.25) is 6.20 Å². The molecule has 19 nitrogen and oxygen atoms in total. The first-order valence-electron chi connectivity index (χ1n) is 15.1. The monoisotopic (exact) mass is 737 g/mol. The van der Waals surface area contributed by atoms with Gasteiger partial charge in [0.1, 0.15) is 24.0 Å². The molecule has 50 heavy (non-hydrogen) atoms. The lowest BCUT2D eigenvalue weighted by Gasteiger charge is -2.50. The minimum absolute atomic E-state index is 0.0549. The Bertz CT molecular complexity index is 1960. The number of thiazole rings is 1. The molecule has 5 rings (SSSR count). The molecule has 8 N–H and O–H groups in total. The predicted octanol–water partition coefficient (Wildman–Crippen LogP) is -0.864.